The minimum absolute atomic E-state index is 0.0661. The molecule has 0 radical (unpaired) electrons. The van der Waals surface area contributed by atoms with E-state index in [0.29, 0.717) is 28.2 Å². The summed E-state index contributed by atoms with van der Waals surface area (Å²) in [5.41, 5.74) is 1.78. The fourth-order valence-corrected chi connectivity index (χ4v) is 6.09. The quantitative estimate of drug-likeness (QED) is 0.330. The van der Waals surface area contributed by atoms with Gasteiger partial charge in [0.05, 0.1) is 17.7 Å². The van der Waals surface area contributed by atoms with Gasteiger partial charge in [0.2, 0.25) is 5.91 Å². The Labute approximate surface area is 253 Å². The fourth-order valence-electron chi connectivity index (χ4n) is 5.84. The minimum atomic E-state index is -3.19. The maximum atomic E-state index is 14.5. The van der Waals surface area contributed by atoms with Crippen molar-refractivity contribution in [3.8, 4) is 5.75 Å². The summed E-state index contributed by atoms with van der Waals surface area (Å²) in [5, 5.41) is 3.34. The van der Waals surface area contributed by atoms with Gasteiger partial charge in [-0.05, 0) is 79.8 Å². The third kappa shape index (κ3) is 8.59. The van der Waals surface area contributed by atoms with Crippen LogP contribution in [0.5, 0.6) is 5.75 Å². The smallest absolute Gasteiger partial charge is 0.260 e. The number of methoxy groups -OCH3 is 1. The average molecular weight is 604 g/mol. The first-order valence-electron chi connectivity index (χ1n) is 15.0. The number of carbonyl (C=O) groups excluding carboxylic acids is 2. The van der Waals surface area contributed by atoms with Gasteiger partial charge >= 0.3 is 0 Å². The SMILES string of the molecule is C1CC1.COc1cccc(C(C(=O)NC2CC(CC3CCN(c4ccc(C(=O)N(C)C)c(Cl)c4)CC3)C2)C(C)(F)F)c1. The Morgan fingerprint density at radius 1 is 1.07 bits per heavy atom. The molecule has 1 unspecified atom stereocenters. The molecule has 0 spiro atoms. The number of piperidine rings is 1. The molecule has 5 rings (SSSR count). The molecule has 1 atom stereocenters. The van der Waals surface area contributed by atoms with Crippen molar-refractivity contribution in [1.82, 2.24) is 10.2 Å². The maximum Gasteiger partial charge on any atom is 0.260 e. The normalized spacial score (nSPS) is 20.9. The topological polar surface area (TPSA) is 61.9 Å². The number of alkyl halides is 2. The van der Waals surface area contributed by atoms with Crippen LogP contribution < -0.4 is 15.0 Å². The van der Waals surface area contributed by atoms with Crippen LogP contribution in [0.1, 0.15) is 80.1 Å². The van der Waals surface area contributed by atoms with Gasteiger partial charge < -0.3 is 19.9 Å². The first-order chi connectivity index (χ1) is 20.0. The molecule has 2 aromatic carbocycles. The predicted octanol–water partition coefficient (Wildman–Crippen LogP) is 7.16. The molecule has 2 amide bonds. The van der Waals surface area contributed by atoms with Gasteiger partial charge in [-0.2, -0.15) is 0 Å². The van der Waals surface area contributed by atoms with Gasteiger partial charge in [-0.15, -0.1) is 0 Å². The molecule has 2 aliphatic carbocycles. The van der Waals surface area contributed by atoms with Crippen molar-refractivity contribution in [2.45, 2.75) is 76.2 Å². The number of hydrogen-bond donors (Lipinski definition) is 1. The van der Waals surface area contributed by atoms with E-state index in [0.717, 1.165) is 57.8 Å². The Kier molecular flexibility index (Phi) is 10.7. The Bertz CT molecular complexity index is 1220. The second kappa shape index (κ2) is 14.1. The zero-order valence-electron chi connectivity index (χ0n) is 25.2. The average Bonchev–Trinajstić information content (AvgIpc) is 3.81. The van der Waals surface area contributed by atoms with Gasteiger partial charge in [-0.1, -0.05) is 43.0 Å². The number of rotatable bonds is 9. The minimum Gasteiger partial charge on any atom is -0.497 e. The molecule has 6 nitrogen and oxygen atoms in total. The van der Waals surface area contributed by atoms with Gasteiger partial charge in [-0.3, -0.25) is 9.59 Å². The Balaban J connectivity index is 0.00000127. The number of anilines is 1. The first kappa shape index (κ1) is 32.1. The monoisotopic (exact) mass is 603 g/mol. The van der Waals surface area contributed by atoms with Crippen LogP contribution in [0.3, 0.4) is 0 Å². The number of amides is 2. The van der Waals surface area contributed by atoms with Crippen molar-refractivity contribution < 1.29 is 23.1 Å². The Hall–Kier alpha value is -2.87. The lowest BCUT2D eigenvalue weighted by Gasteiger charge is -2.41. The summed E-state index contributed by atoms with van der Waals surface area (Å²) in [6.07, 6.45) is 9.35. The molecule has 2 saturated carbocycles. The second-order valence-corrected chi connectivity index (χ2v) is 12.7. The van der Waals surface area contributed by atoms with E-state index in [1.807, 2.05) is 12.1 Å². The molecule has 42 heavy (non-hydrogen) atoms. The van der Waals surface area contributed by atoms with Gasteiger partial charge in [0.25, 0.3) is 11.8 Å². The molecule has 230 valence electrons. The van der Waals surface area contributed by atoms with E-state index in [1.165, 1.54) is 37.3 Å². The first-order valence-corrected chi connectivity index (χ1v) is 15.4. The van der Waals surface area contributed by atoms with E-state index < -0.39 is 17.7 Å². The summed E-state index contributed by atoms with van der Waals surface area (Å²) in [4.78, 5) is 29.0. The van der Waals surface area contributed by atoms with Gasteiger partial charge in [0.1, 0.15) is 11.7 Å². The highest BCUT2D eigenvalue weighted by Crippen LogP contribution is 2.39. The molecular formula is C33H44ClF2N3O3. The molecule has 0 aromatic heterocycles. The summed E-state index contributed by atoms with van der Waals surface area (Å²) in [6.45, 7) is 2.63. The summed E-state index contributed by atoms with van der Waals surface area (Å²) < 4.78 is 34.1. The Morgan fingerprint density at radius 2 is 1.74 bits per heavy atom. The molecule has 1 saturated heterocycles. The highest BCUT2D eigenvalue weighted by Gasteiger charge is 2.43. The zero-order chi connectivity index (χ0) is 30.4. The van der Waals surface area contributed by atoms with Crippen LogP contribution in [0, 0.1) is 11.8 Å². The van der Waals surface area contributed by atoms with Gasteiger partial charge in [0, 0.05) is 45.8 Å². The number of hydrogen-bond acceptors (Lipinski definition) is 4. The largest absolute Gasteiger partial charge is 0.497 e. The summed E-state index contributed by atoms with van der Waals surface area (Å²) in [6, 6.07) is 11.9. The second-order valence-electron chi connectivity index (χ2n) is 12.3. The fraction of sp³-hybridized carbons (Fsp3) is 0.576. The van der Waals surface area contributed by atoms with Crippen LogP contribution >= 0.6 is 11.6 Å². The predicted molar refractivity (Wildman–Crippen MR) is 164 cm³/mol. The molecule has 3 fully saturated rings. The zero-order valence-corrected chi connectivity index (χ0v) is 25.9. The van der Waals surface area contributed by atoms with Crippen molar-refractivity contribution in [1.29, 1.82) is 0 Å². The number of ether oxygens (including phenoxy) is 1. The molecule has 0 bridgehead atoms. The molecule has 2 aromatic rings. The summed E-state index contributed by atoms with van der Waals surface area (Å²) in [7, 11) is 4.88. The van der Waals surface area contributed by atoms with Crippen molar-refractivity contribution >= 4 is 29.1 Å². The molecule has 1 aliphatic heterocycles. The van der Waals surface area contributed by atoms with Gasteiger partial charge in [0.15, 0.2) is 0 Å². The third-order valence-corrected chi connectivity index (χ3v) is 8.68. The van der Waals surface area contributed by atoms with Crippen LogP contribution in [0.4, 0.5) is 14.5 Å². The molecule has 1 N–H and O–H groups in total. The van der Waals surface area contributed by atoms with Crippen LogP contribution in [-0.2, 0) is 4.79 Å². The van der Waals surface area contributed by atoms with Crippen molar-refractivity contribution in [3.05, 3.63) is 58.6 Å². The van der Waals surface area contributed by atoms with Crippen molar-refractivity contribution in [2.75, 3.05) is 39.2 Å². The lowest BCUT2D eigenvalue weighted by Crippen LogP contribution is -2.49. The summed E-state index contributed by atoms with van der Waals surface area (Å²) in [5.74, 6) is -3.96. The molecule has 9 heteroatoms. The number of halogens is 3. The summed E-state index contributed by atoms with van der Waals surface area (Å²) >= 11 is 6.40. The van der Waals surface area contributed by atoms with E-state index in [-0.39, 0.29) is 17.5 Å². The third-order valence-electron chi connectivity index (χ3n) is 8.37. The highest BCUT2D eigenvalue weighted by molar-refractivity contribution is 6.34. The number of nitrogens with zero attached hydrogens (tertiary/aromatic N) is 2. The van der Waals surface area contributed by atoms with E-state index >= 15 is 0 Å². The van der Waals surface area contributed by atoms with Crippen LogP contribution in [0.2, 0.25) is 5.02 Å². The highest BCUT2D eigenvalue weighted by atomic mass is 35.5. The van der Waals surface area contributed by atoms with E-state index in [9.17, 15) is 18.4 Å². The van der Waals surface area contributed by atoms with Crippen molar-refractivity contribution in [3.63, 3.8) is 0 Å². The Morgan fingerprint density at radius 3 is 2.29 bits per heavy atom. The number of carbonyl (C=O) groups is 2. The lowest BCUT2D eigenvalue weighted by atomic mass is 9.73. The maximum absolute atomic E-state index is 14.5. The van der Waals surface area contributed by atoms with Gasteiger partial charge in [-0.25, -0.2) is 8.78 Å². The lowest BCUT2D eigenvalue weighted by molar-refractivity contribution is -0.132. The van der Waals surface area contributed by atoms with E-state index in [4.69, 9.17) is 16.3 Å². The molecule has 3 aliphatic rings. The number of benzene rings is 2. The van der Waals surface area contributed by atoms with E-state index in [1.54, 1.807) is 38.4 Å². The van der Waals surface area contributed by atoms with Crippen LogP contribution in [0.15, 0.2) is 42.5 Å². The van der Waals surface area contributed by atoms with E-state index in [2.05, 4.69) is 10.2 Å². The van der Waals surface area contributed by atoms with Crippen molar-refractivity contribution in [2.24, 2.45) is 11.8 Å². The molecule has 1 heterocycles. The molecular weight excluding hydrogens is 560 g/mol. The van der Waals surface area contributed by atoms with Crippen LogP contribution in [0.25, 0.3) is 0 Å². The van der Waals surface area contributed by atoms with Crippen LogP contribution in [-0.4, -0.2) is 63.0 Å². The number of nitrogens with one attached hydrogen (secondary N) is 1. The standard InChI is InChI=1S/C30H38ClF2N3O3.C3H6/c1-30(32,33)27(21-6-5-7-24(17-21)39-4)28(37)34-22-15-20(16-22)14-19-10-12-36(13-11-19)23-8-9-25(26(31)18-23)29(38)35(2)3;1-2-3-1/h5-9,17-20,22,27H,10-16H2,1-4H3,(H,34,37);1-3H2.